The van der Waals surface area contributed by atoms with E-state index in [1.165, 1.54) is 0 Å². The Kier molecular flexibility index (Phi) is 1.63. The van der Waals surface area contributed by atoms with Crippen LogP contribution in [0.1, 0.15) is 13.3 Å². The van der Waals surface area contributed by atoms with Gasteiger partial charge in [0.1, 0.15) is 12.4 Å². The fourth-order valence-electron chi connectivity index (χ4n) is 0.844. The van der Waals surface area contributed by atoms with Crippen molar-refractivity contribution in [1.82, 2.24) is 0 Å². The van der Waals surface area contributed by atoms with Crippen LogP contribution < -0.4 is 0 Å². The Balaban J connectivity index is 2.26. The molecule has 1 rings (SSSR count). The summed E-state index contributed by atoms with van der Waals surface area (Å²) in [5.74, 6) is 0.507. The van der Waals surface area contributed by atoms with Crippen molar-refractivity contribution in [2.45, 2.75) is 19.4 Å². The van der Waals surface area contributed by atoms with Gasteiger partial charge in [0.05, 0.1) is 6.61 Å². The molecule has 0 bridgehead atoms. The molecule has 2 heteroatoms. The summed E-state index contributed by atoms with van der Waals surface area (Å²) in [6, 6.07) is 0. The number of hydrogen-bond acceptors (Lipinski definition) is 2. The molecule has 1 heterocycles. The Morgan fingerprint density at radius 3 is 2.75 bits per heavy atom. The normalized spacial score (nSPS) is 36.1. The van der Waals surface area contributed by atoms with E-state index in [0.29, 0.717) is 5.92 Å². The Bertz CT molecular complexity index is 88.5. The number of hydrogen-bond donors (Lipinski definition) is 0. The number of carbonyl (C=O) groups excluding carboxylic acids is 1. The van der Waals surface area contributed by atoms with Gasteiger partial charge in [-0.05, 0) is 6.42 Å². The van der Waals surface area contributed by atoms with Crippen molar-refractivity contribution in [1.29, 1.82) is 0 Å². The van der Waals surface area contributed by atoms with Gasteiger partial charge in [-0.25, -0.2) is 0 Å². The quantitative estimate of drug-likeness (QED) is 0.492. The molecule has 46 valence electrons. The molecule has 2 atom stereocenters. The molecule has 2 unspecified atom stereocenters. The Morgan fingerprint density at radius 1 is 1.88 bits per heavy atom. The van der Waals surface area contributed by atoms with Crippen molar-refractivity contribution in [3.8, 4) is 0 Å². The highest BCUT2D eigenvalue weighted by molar-refractivity contribution is 5.57. The van der Waals surface area contributed by atoms with Gasteiger partial charge in [0, 0.05) is 5.92 Å². The summed E-state index contributed by atoms with van der Waals surface area (Å²) in [4.78, 5) is 10.0. The van der Waals surface area contributed by atoms with E-state index in [0.717, 1.165) is 19.3 Å². The van der Waals surface area contributed by atoms with E-state index in [-0.39, 0.29) is 6.10 Å². The van der Waals surface area contributed by atoms with Gasteiger partial charge in [-0.15, -0.1) is 0 Å². The summed E-state index contributed by atoms with van der Waals surface area (Å²) in [5, 5.41) is 0. The smallest absolute Gasteiger partial charge is 0.149 e. The molecule has 1 aliphatic rings. The third-order valence-electron chi connectivity index (χ3n) is 1.63. The van der Waals surface area contributed by atoms with Crippen LogP contribution in [0.25, 0.3) is 0 Å². The van der Waals surface area contributed by atoms with E-state index in [4.69, 9.17) is 4.74 Å². The topological polar surface area (TPSA) is 26.3 Å². The van der Waals surface area contributed by atoms with Crippen LogP contribution in [0.2, 0.25) is 0 Å². The zero-order chi connectivity index (χ0) is 5.98. The molecule has 8 heavy (non-hydrogen) atoms. The number of carbonyl (C=O) groups is 1. The van der Waals surface area contributed by atoms with Crippen LogP contribution in [0.4, 0.5) is 0 Å². The highest BCUT2D eigenvalue weighted by atomic mass is 16.5. The zero-order valence-electron chi connectivity index (χ0n) is 4.96. The van der Waals surface area contributed by atoms with Crippen molar-refractivity contribution in [2.24, 2.45) is 5.92 Å². The molecular formula is C6H10O2. The number of ether oxygens (including phenoxy) is 1. The van der Waals surface area contributed by atoms with Crippen molar-refractivity contribution >= 4 is 6.29 Å². The number of rotatable bonds is 2. The highest BCUT2D eigenvalue weighted by Gasteiger charge is 2.29. The molecule has 1 fully saturated rings. The van der Waals surface area contributed by atoms with Gasteiger partial charge in [0.25, 0.3) is 0 Å². The van der Waals surface area contributed by atoms with Gasteiger partial charge in [0.15, 0.2) is 0 Å². The van der Waals surface area contributed by atoms with Crippen LogP contribution in [-0.2, 0) is 9.53 Å². The standard InChI is InChI=1S/C6H10O2/c1-2-5-4-8-6(5)3-7/h3,5-6H,2,4H2,1H3. The predicted molar refractivity (Wildman–Crippen MR) is 29.6 cm³/mol. The van der Waals surface area contributed by atoms with Gasteiger partial charge >= 0.3 is 0 Å². The molecule has 2 nitrogen and oxygen atoms in total. The molecule has 0 N–H and O–H groups in total. The molecular weight excluding hydrogens is 104 g/mol. The first kappa shape index (κ1) is 5.76. The molecule has 1 saturated heterocycles. The second-order valence-corrected chi connectivity index (χ2v) is 2.10. The second kappa shape index (κ2) is 2.27. The lowest BCUT2D eigenvalue weighted by atomic mass is 9.97. The van der Waals surface area contributed by atoms with E-state index in [9.17, 15) is 4.79 Å². The van der Waals surface area contributed by atoms with E-state index in [1.54, 1.807) is 0 Å². The third-order valence-corrected chi connectivity index (χ3v) is 1.63. The highest BCUT2D eigenvalue weighted by Crippen LogP contribution is 2.20. The van der Waals surface area contributed by atoms with Gasteiger partial charge < -0.3 is 9.53 Å². The van der Waals surface area contributed by atoms with Crippen molar-refractivity contribution in [2.75, 3.05) is 6.61 Å². The molecule has 0 aliphatic carbocycles. The maximum Gasteiger partial charge on any atom is 0.149 e. The average Bonchev–Trinajstić information content (AvgIpc) is 1.66. The second-order valence-electron chi connectivity index (χ2n) is 2.10. The van der Waals surface area contributed by atoms with Crippen molar-refractivity contribution in [3.05, 3.63) is 0 Å². The molecule has 0 aromatic carbocycles. The molecule has 0 spiro atoms. The van der Waals surface area contributed by atoms with Gasteiger partial charge in [-0.1, -0.05) is 6.92 Å². The van der Waals surface area contributed by atoms with Crippen LogP contribution in [0.3, 0.4) is 0 Å². The van der Waals surface area contributed by atoms with E-state index in [1.807, 2.05) is 0 Å². The lowest BCUT2D eigenvalue weighted by Gasteiger charge is -2.31. The van der Waals surface area contributed by atoms with Crippen LogP contribution in [-0.4, -0.2) is 19.0 Å². The van der Waals surface area contributed by atoms with Gasteiger partial charge in [0.2, 0.25) is 0 Å². The van der Waals surface area contributed by atoms with Crippen LogP contribution in [0, 0.1) is 5.92 Å². The Labute approximate surface area is 48.8 Å². The van der Waals surface area contributed by atoms with Gasteiger partial charge in [-0.2, -0.15) is 0 Å². The predicted octanol–water partition coefficient (Wildman–Crippen LogP) is 0.610. The van der Waals surface area contributed by atoms with Crippen LogP contribution in [0.5, 0.6) is 0 Å². The van der Waals surface area contributed by atoms with E-state index in [2.05, 4.69) is 6.92 Å². The van der Waals surface area contributed by atoms with Crippen LogP contribution in [0.15, 0.2) is 0 Å². The minimum absolute atomic E-state index is 0.0833. The maximum atomic E-state index is 10.0. The molecule has 0 aromatic rings. The first-order valence-corrected chi connectivity index (χ1v) is 2.95. The maximum absolute atomic E-state index is 10.0. The Hall–Kier alpha value is -0.370. The third kappa shape index (κ3) is 0.757. The summed E-state index contributed by atoms with van der Waals surface area (Å²) in [6.45, 7) is 2.85. The fourth-order valence-corrected chi connectivity index (χ4v) is 0.844. The average molecular weight is 114 g/mol. The minimum atomic E-state index is -0.0833. The first-order valence-electron chi connectivity index (χ1n) is 2.95. The van der Waals surface area contributed by atoms with E-state index >= 15 is 0 Å². The summed E-state index contributed by atoms with van der Waals surface area (Å²) >= 11 is 0. The zero-order valence-corrected chi connectivity index (χ0v) is 4.96. The lowest BCUT2D eigenvalue weighted by molar-refractivity contribution is -0.145. The fraction of sp³-hybridized carbons (Fsp3) is 0.833. The van der Waals surface area contributed by atoms with Gasteiger partial charge in [-0.3, -0.25) is 0 Å². The number of aldehydes is 1. The lowest BCUT2D eigenvalue weighted by Crippen LogP contribution is -2.40. The summed E-state index contributed by atoms with van der Waals surface area (Å²) < 4.78 is 4.92. The largest absolute Gasteiger partial charge is 0.370 e. The van der Waals surface area contributed by atoms with E-state index < -0.39 is 0 Å². The van der Waals surface area contributed by atoms with Crippen LogP contribution >= 0.6 is 0 Å². The van der Waals surface area contributed by atoms with Crippen molar-refractivity contribution < 1.29 is 9.53 Å². The Morgan fingerprint density at radius 2 is 2.62 bits per heavy atom. The molecule has 0 saturated carbocycles. The minimum Gasteiger partial charge on any atom is -0.370 e. The summed E-state index contributed by atoms with van der Waals surface area (Å²) in [6.07, 6.45) is 1.86. The molecule has 0 amide bonds. The molecule has 0 radical (unpaired) electrons. The first-order chi connectivity index (χ1) is 3.88. The summed E-state index contributed by atoms with van der Waals surface area (Å²) in [5.41, 5.74) is 0. The molecule has 0 aromatic heterocycles. The SMILES string of the molecule is CCC1COC1C=O. The van der Waals surface area contributed by atoms with Crippen molar-refractivity contribution in [3.63, 3.8) is 0 Å². The molecule has 1 aliphatic heterocycles. The summed E-state index contributed by atoms with van der Waals surface area (Å²) in [7, 11) is 0. The monoisotopic (exact) mass is 114 g/mol.